The monoisotopic (exact) mass is 386 g/mol. The van der Waals surface area contributed by atoms with Crippen LogP contribution in [0.15, 0.2) is 35.6 Å². The topological polar surface area (TPSA) is 65.8 Å². The number of rotatable bonds is 4. The number of aryl methyl sites for hydroxylation is 1. The Morgan fingerprint density at radius 2 is 1.96 bits per heavy atom. The standard InChI is InChI=1S/C20H27FN6O/c1-4-22-20(26-11-9-25(10-12-26)16(3)28)24-14-17-5-6-19(18(21)13-17)27-8-7-23-15(27)2/h5-8,13H,4,9-12,14H2,1-3H3,(H,22,24). The molecule has 0 unspecified atom stereocenters. The highest BCUT2D eigenvalue weighted by atomic mass is 19.1. The molecule has 0 atom stereocenters. The maximum absolute atomic E-state index is 14.6. The molecule has 0 aliphatic carbocycles. The molecule has 1 saturated heterocycles. The third-order valence-corrected chi connectivity index (χ3v) is 4.87. The molecule has 3 rings (SSSR count). The van der Waals surface area contributed by atoms with Crippen molar-refractivity contribution >= 4 is 11.9 Å². The quantitative estimate of drug-likeness (QED) is 0.644. The first-order chi connectivity index (χ1) is 13.5. The molecule has 0 saturated carbocycles. The molecule has 0 bridgehead atoms. The number of amides is 1. The highest BCUT2D eigenvalue weighted by molar-refractivity contribution is 5.80. The molecule has 0 spiro atoms. The second-order valence-electron chi connectivity index (χ2n) is 6.79. The van der Waals surface area contributed by atoms with Crippen molar-refractivity contribution in [3.8, 4) is 5.69 Å². The van der Waals surface area contributed by atoms with Crippen molar-refractivity contribution < 1.29 is 9.18 Å². The maximum Gasteiger partial charge on any atom is 0.219 e. The Morgan fingerprint density at radius 1 is 1.25 bits per heavy atom. The van der Waals surface area contributed by atoms with Crippen LogP contribution in [0.25, 0.3) is 5.69 Å². The lowest BCUT2D eigenvalue weighted by Gasteiger charge is -2.36. The SMILES string of the molecule is CCNC(=NCc1ccc(-n2ccnc2C)c(F)c1)N1CCN(C(C)=O)CC1. The Labute approximate surface area is 164 Å². The average molecular weight is 386 g/mol. The van der Waals surface area contributed by atoms with E-state index in [0.29, 0.717) is 25.3 Å². The Hall–Kier alpha value is -2.90. The number of nitrogens with one attached hydrogen (secondary N) is 1. The van der Waals surface area contributed by atoms with Crippen molar-refractivity contribution in [1.29, 1.82) is 0 Å². The van der Waals surface area contributed by atoms with E-state index in [1.165, 1.54) is 6.07 Å². The van der Waals surface area contributed by atoms with Crippen LogP contribution in [0.3, 0.4) is 0 Å². The Balaban J connectivity index is 1.70. The minimum absolute atomic E-state index is 0.102. The highest BCUT2D eigenvalue weighted by Gasteiger charge is 2.20. The van der Waals surface area contributed by atoms with Crippen LogP contribution in [0.4, 0.5) is 4.39 Å². The van der Waals surface area contributed by atoms with Gasteiger partial charge in [-0.1, -0.05) is 6.07 Å². The Bertz CT molecular complexity index is 854. The average Bonchev–Trinajstić information content (AvgIpc) is 3.11. The summed E-state index contributed by atoms with van der Waals surface area (Å²) in [4.78, 5) is 24.3. The van der Waals surface area contributed by atoms with Gasteiger partial charge in [0.1, 0.15) is 11.6 Å². The van der Waals surface area contributed by atoms with Gasteiger partial charge < -0.3 is 19.7 Å². The molecule has 1 amide bonds. The van der Waals surface area contributed by atoms with E-state index in [1.54, 1.807) is 30.0 Å². The molecule has 1 N–H and O–H groups in total. The minimum Gasteiger partial charge on any atom is -0.357 e. The molecular formula is C20H27FN6O. The fraction of sp³-hybridized carbons (Fsp3) is 0.450. The number of hydrogen-bond donors (Lipinski definition) is 1. The van der Waals surface area contributed by atoms with Crippen LogP contribution >= 0.6 is 0 Å². The van der Waals surface area contributed by atoms with Crippen molar-refractivity contribution in [3.63, 3.8) is 0 Å². The fourth-order valence-corrected chi connectivity index (χ4v) is 3.30. The van der Waals surface area contributed by atoms with Crippen molar-refractivity contribution in [1.82, 2.24) is 24.7 Å². The summed E-state index contributed by atoms with van der Waals surface area (Å²) in [5.74, 6) is 1.34. The summed E-state index contributed by atoms with van der Waals surface area (Å²) in [5, 5.41) is 3.29. The van der Waals surface area contributed by atoms with Crippen LogP contribution < -0.4 is 5.32 Å². The molecule has 0 radical (unpaired) electrons. The Morgan fingerprint density at radius 3 is 2.54 bits per heavy atom. The number of benzene rings is 1. The molecule has 1 aromatic carbocycles. The number of nitrogens with zero attached hydrogens (tertiary/aromatic N) is 5. The zero-order valence-corrected chi connectivity index (χ0v) is 16.7. The molecule has 1 aliphatic rings. The first kappa shape index (κ1) is 19.9. The van der Waals surface area contributed by atoms with Crippen molar-refractivity contribution in [2.45, 2.75) is 27.3 Å². The molecule has 150 valence electrons. The molecule has 28 heavy (non-hydrogen) atoms. The minimum atomic E-state index is -0.297. The number of imidazole rings is 1. The van der Waals surface area contributed by atoms with Crippen molar-refractivity contribution in [2.75, 3.05) is 32.7 Å². The molecule has 1 fully saturated rings. The van der Waals surface area contributed by atoms with Crippen LogP contribution in [-0.4, -0.2) is 63.9 Å². The lowest BCUT2D eigenvalue weighted by atomic mass is 10.2. The van der Waals surface area contributed by atoms with Crippen LogP contribution in [-0.2, 0) is 11.3 Å². The highest BCUT2D eigenvalue weighted by Crippen LogP contribution is 2.17. The lowest BCUT2D eigenvalue weighted by Crippen LogP contribution is -2.53. The lowest BCUT2D eigenvalue weighted by molar-refractivity contribution is -0.130. The first-order valence-corrected chi connectivity index (χ1v) is 9.57. The summed E-state index contributed by atoms with van der Waals surface area (Å²) in [6.45, 7) is 9.43. The van der Waals surface area contributed by atoms with Gasteiger partial charge in [-0.3, -0.25) is 4.79 Å². The van der Waals surface area contributed by atoms with Gasteiger partial charge in [0.25, 0.3) is 0 Å². The predicted octanol–water partition coefficient (Wildman–Crippen LogP) is 1.95. The van der Waals surface area contributed by atoms with Gasteiger partial charge in [0, 0.05) is 52.0 Å². The smallest absolute Gasteiger partial charge is 0.219 e. The Kier molecular flexibility index (Phi) is 6.28. The normalized spacial score (nSPS) is 15.1. The van der Waals surface area contributed by atoms with Gasteiger partial charge in [-0.25, -0.2) is 14.4 Å². The van der Waals surface area contributed by atoms with Crippen LogP contribution in [0.2, 0.25) is 0 Å². The van der Waals surface area contributed by atoms with Gasteiger partial charge in [-0.05, 0) is 31.5 Å². The summed E-state index contributed by atoms with van der Waals surface area (Å²) in [7, 11) is 0. The number of hydrogen-bond acceptors (Lipinski definition) is 3. The second kappa shape index (κ2) is 8.86. The van der Waals surface area contributed by atoms with E-state index in [1.807, 2.05) is 24.8 Å². The first-order valence-electron chi connectivity index (χ1n) is 9.57. The van der Waals surface area contributed by atoms with E-state index in [2.05, 4.69) is 20.2 Å². The van der Waals surface area contributed by atoms with Gasteiger partial charge in [-0.15, -0.1) is 0 Å². The van der Waals surface area contributed by atoms with E-state index >= 15 is 0 Å². The van der Waals surface area contributed by atoms with Crippen molar-refractivity contribution in [3.05, 3.63) is 47.8 Å². The summed E-state index contributed by atoms with van der Waals surface area (Å²) in [6.07, 6.45) is 3.40. The number of carbonyl (C=O) groups is 1. The van der Waals surface area contributed by atoms with Crippen LogP contribution in [0, 0.1) is 12.7 Å². The molecule has 2 aromatic rings. The number of halogens is 1. The van der Waals surface area contributed by atoms with Crippen LogP contribution in [0.1, 0.15) is 25.2 Å². The number of carbonyl (C=O) groups excluding carboxylic acids is 1. The fourth-order valence-electron chi connectivity index (χ4n) is 3.30. The molecule has 1 aliphatic heterocycles. The van der Waals surface area contributed by atoms with Crippen LogP contribution in [0.5, 0.6) is 0 Å². The number of piperazine rings is 1. The molecular weight excluding hydrogens is 359 g/mol. The van der Waals surface area contributed by atoms with E-state index in [-0.39, 0.29) is 11.7 Å². The number of aliphatic imine (C=N–C) groups is 1. The second-order valence-corrected chi connectivity index (χ2v) is 6.79. The summed E-state index contributed by atoms with van der Waals surface area (Å²) in [5.41, 5.74) is 1.28. The van der Waals surface area contributed by atoms with E-state index in [9.17, 15) is 9.18 Å². The maximum atomic E-state index is 14.6. The largest absolute Gasteiger partial charge is 0.357 e. The predicted molar refractivity (Wildman–Crippen MR) is 107 cm³/mol. The zero-order chi connectivity index (χ0) is 20.1. The van der Waals surface area contributed by atoms with E-state index < -0.39 is 0 Å². The van der Waals surface area contributed by atoms with Crippen molar-refractivity contribution in [2.24, 2.45) is 4.99 Å². The van der Waals surface area contributed by atoms with E-state index in [0.717, 1.165) is 37.0 Å². The van der Waals surface area contributed by atoms with Gasteiger partial charge in [-0.2, -0.15) is 0 Å². The van der Waals surface area contributed by atoms with Gasteiger partial charge in [0.15, 0.2) is 5.96 Å². The van der Waals surface area contributed by atoms with Gasteiger partial charge in [0.2, 0.25) is 5.91 Å². The summed E-state index contributed by atoms with van der Waals surface area (Å²) < 4.78 is 16.3. The third kappa shape index (κ3) is 4.49. The van der Waals surface area contributed by atoms with Gasteiger partial charge in [0.05, 0.1) is 12.2 Å². The van der Waals surface area contributed by atoms with Gasteiger partial charge >= 0.3 is 0 Å². The third-order valence-electron chi connectivity index (χ3n) is 4.87. The zero-order valence-electron chi connectivity index (χ0n) is 16.7. The summed E-state index contributed by atoms with van der Waals surface area (Å²) in [6, 6.07) is 5.17. The molecule has 7 nitrogen and oxygen atoms in total. The number of aromatic nitrogens is 2. The summed E-state index contributed by atoms with van der Waals surface area (Å²) >= 11 is 0. The number of guanidine groups is 1. The molecule has 8 heteroatoms. The van der Waals surface area contributed by atoms with E-state index in [4.69, 9.17) is 0 Å². The molecule has 2 heterocycles. The molecule has 1 aromatic heterocycles.